The Morgan fingerprint density at radius 3 is 2.12 bits per heavy atom. The van der Waals surface area contributed by atoms with Crippen LogP contribution in [-0.2, 0) is 13.6 Å². The van der Waals surface area contributed by atoms with Crippen LogP contribution in [0, 0.1) is 0 Å². The van der Waals surface area contributed by atoms with E-state index < -0.39 is 8.25 Å². The van der Waals surface area contributed by atoms with Crippen molar-refractivity contribution < 1.29 is 13.6 Å². The topological polar surface area (TPSA) is 38.8 Å². The number of hydrogen-bond donors (Lipinski definition) is 0. The van der Waals surface area contributed by atoms with E-state index in [1.807, 2.05) is 0 Å². The smallest absolute Gasteiger partial charge is 0.298 e. The third kappa shape index (κ3) is 7.29. The normalized spacial score (nSPS) is 12.9. The van der Waals surface area contributed by atoms with Crippen molar-refractivity contribution in [1.82, 2.24) is 4.90 Å². The second-order valence-electron chi connectivity index (χ2n) is 4.25. The molecule has 0 aliphatic rings. The highest BCUT2D eigenvalue weighted by Crippen LogP contribution is 2.23. The van der Waals surface area contributed by atoms with Crippen LogP contribution in [0.2, 0.25) is 0 Å². The fourth-order valence-corrected chi connectivity index (χ4v) is 2.21. The minimum Gasteiger partial charge on any atom is -0.298 e. The maximum Gasteiger partial charge on any atom is 0.368 e. The van der Waals surface area contributed by atoms with Gasteiger partial charge < -0.3 is 0 Å². The first-order chi connectivity index (χ1) is 7.49. The predicted molar refractivity (Wildman–Crippen MR) is 66.8 cm³/mol. The van der Waals surface area contributed by atoms with Crippen molar-refractivity contribution in [3.63, 3.8) is 0 Å². The molecule has 0 aromatic rings. The molecule has 0 aromatic heterocycles. The standard InChI is InChI=1S/C11H25NO3P/c1-6-14-16(13)15-9-7-8-12(10(2)3)11(4)5/h10-11H,6-9H2,1-5H3. The molecule has 5 heteroatoms. The number of rotatable bonds is 9. The Kier molecular flexibility index (Phi) is 9.04. The van der Waals surface area contributed by atoms with Crippen LogP contribution in [0.25, 0.3) is 0 Å². The molecule has 0 aromatic carbocycles. The minimum absolute atomic E-state index is 0.430. The molecule has 1 radical (unpaired) electrons. The SMILES string of the molecule is CCO[P](=O)OCCCN(C(C)C)C(C)C. The van der Waals surface area contributed by atoms with E-state index in [2.05, 4.69) is 32.6 Å². The molecule has 0 saturated carbocycles. The molecular formula is C11H25NO3P. The van der Waals surface area contributed by atoms with Gasteiger partial charge in [-0.05, 0) is 41.0 Å². The molecule has 16 heavy (non-hydrogen) atoms. The first-order valence-corrected chi connectivity index (χ1v) is 7.07. The van der Waals surface area contributed by atoms with E-state index in [0.29, 0.717) is 25.3 Å². The molecule has 4 nitrogen and oxygen atoms in total. The van der Waals surface area contributed by atoms with Crippen molar-refractivity contribution in [2.45, 2.75) is 53.1 Å². The van der Waals surface area contributed by atoms with Crippen molar-refractivity contribution in [2.75, 3.05) is 19.8 Å². The third-order valence-electron chi connectivity index (χ3n) is 2.32. The van der Waals surface area contributed by atoms with Gasteiger partial charge in [-0.15, -0.1) is 0 Å². The Labute approximate surface area is 100 Å². The zero-order valence-electron chi connectivity index (χ0n) is 11.1. The van der Waals surface area contributed by atoms with Gasteiger partial charge in [-0.25, -0.2) is 4.57 Å². The minimum atomic E-state index is -1.91. The van der Waals surface area contributed by atoms with E-state index in [9.17, 15) is 4.57 Å². The largest absolute Gasteiger partial charge is 0.368 e. The first kappa shape index (κ1) is 16.0. The van der Waals surface area contributed by atoms with Crippen molar-refractivity contribution >= 4 is 8.25 Å². The summed E-state index contributed by atoms with van der Waals surface area (Å²) in [5, 5.41) is 0. The van der Waals surface area contributed by atoms with Gasteiger partial charge in [0.25, 0.3) is 0 Å². The van der Waals surface area contributed by atoms with Crippen LogP contribution in [-0.4, -0.2) is 36.7 Å². The average molecular weight is 250 g/mol. The van der Waals surface area contributed by atoms with Crippen molar-refractivity contribution in [3.8, 4) is 0 Å². The van der Waals surface area contributed by atoms with Gasteiger partial charge in [0, 0.05) is 18.6 Å². The van der Waals surface area contributed by atoms with Gasteiger partial charge in [-0.3, -0.25) is 13.9 Å². The average Bonchev–Trinajstić information content (AvgIpc) is 2.16. The van der Waals surface area contributed by atoms with Crippen LogP contribution in [0.3, 0.4) is 0 Å². The molecule has 1 atom stereocenters. The summed E-state index contributed by atoms with van der Waals surface area (Å²) in [4.78, 5) is 2.39. The Balaban J connectivity index is 3.67. The maximum absolute atomic E-state index is 11.0. The van der Waals surface area contributed by atoms with Gasteiger partial charge in [0.1, 0.15) is 0 Å². The molecule has 0 N–H and O–H groups in total. The second-order valence-corrected chi connectivity index (χ2v) is 5.22. The summed E-state index contributed by atoms with van der Waals surface area (Å²) in [5.41, 5.74) is 0. The number of nitrogens with zero attached hydrogens (tertiary/aromatic N) is 1. The molecule has 0 spiro atoms. The monoisotopic (exact) mass is 250 g/mol. The molecule has 1 unspecified atom stereocenters. The lowest BCUT2D eigenvalue weighted by Crippen LogP contribution is -2.38. The van der Waals surface area contributed by atoms with E-state index in [4.69, 9.17) is 9.05 Å². The lowest BCUT2D eigenvalue weighted by atomic mass is 10.2. The highest BCUT2D eigenvalue weighted by Gasteiger charge is 2.12. The van der Waals surface area contributed by atoms with Gasteiger partial charge in [0.2, 0.25) is 0 Å². The highest BCUT2D eigenvalue weighted by atomic mass is 31.1. The maximum atomic E-state index is 11.0. The Bertz CT molecular complexity index is 190. The molecule has 0 fully saturated rings. The summed E-state index contributed by atoms with van der Waals surface area (Å²) in [6, 6.07) is 1.06. The molecule has 0 saturated heterocycles. The van der Waals surface area contributed by atoms with E-state index in [1.54, 1.807) is 6.92 Å². The lowest BCUT2D eigenvalue weighted by Gasteiger charge is -2.30. The quantitative estimate of drug-likeness (QED) is 0.465. The molecule has 97 valence electrons. The zero-order valence-corrected chi connectivity index (χ0v) is 12.0. The van der Waals surface area contributed by atoms with Gasteiger partial charge in [0.15, 0.2) is 0 Å². The fraction of sp³-hybridized carbons (Fsp3) is 1.00. The summed E-state index contributed by atoms with van der Waals surface area (Å²) >= 11 is 0. The zero-order chi connectivity index (χ0) is 12.6. The van der Waals surface area contributed by atoms with Crippen molar-refractivity contribution in [3.05, 3.63) is 0 Å². The summed E-state index contributed by atoms with van der Waals surface area (Å²) in [5.74, 6) is 0. The van der Waals surface area contributed by atoms with Crippen LogP contribution in [0.4, 0.5) is 0 Å². The van der Waals surface area contributed by atoms with Gasteiger partial charge >= 0.3 is 8.25 Å². The van der Waals surface area contributed by atoms with Gasteiger partial charge in [-0.2, -0.15) is 0 Å². The van der Waals surface area contributed by atoms with E-state index in [-0.39, 0.29) is 0 Å². The highest BCUT2D eigenvalue weighted by molar-refractivity contribution is 7.33. The molecule has 0 aliphatic heterocycles. The van der Waals surface area contributed by atoms with E-state index in [1.165, 1.54) is 0 Å². The van der Waals surface area contributed by atoms with Crippen LogP contribution < -0.4 is 0 Å². The van der Waals surface area contributed by atoms with Crippen LogP contribution in [0.1, 0.15) is 41.0 Å². The Morgan fingerprint density at radius 1 is 1.12 bits per heavy atom. The number of hydrogen-bond acceptors (Lipinski definition) is 4. The fourth-order valence-electron chi connectivity index (χ4n) is 1.64. The summed E-state index contributed by atoms with van der Waals surface area (Å²) in [7, 11) is -1.91. The van der Waals surface area contributed by atoms with Crippen LogP contribution in [0.5, 0.6) is 0 Å². The summed E-state index contributed by atoms with van der Waals surface area (Å²) in [6.07, 6.45) is 0.879. The first-order valence-electron chi connectivity index (χ1n) is 5.97. The lowest BCUT2D eigenvalue weighted by molar-refractivity contribution is 0.155. The molecular weight excluding hydrogens is 225 g/mol. The third-order valence-corrected chi connectivity index (χ3v) is 3.18. The summed E-state index contributed by atoms with van der Waals surface area (Å²) < 4.78 is 20.9. The van der Waals surface area contributed by atoms with Gasteiger partial charge in [-0.1, -0.05) is 0 Å². The van der Waals surface area contributed by atoms with Crippen LogP contribution >= 0.6 is 8.25 Å². The molecule has 0 bridgehead atoms. The van der Waals surface area contributed by atoms with Crippen molar-refractivity contribution in [1.29, 1.82) is 0 Å². The Hall–Kier alpha value is -0.0200. The Morgan fingerprint density at radius 2 is 1.69 bits per heavy atom. The molecule has 0 amide bonds. The molecule has 0 heterocycles. The van der Waals surface area contributed by atoms with Crippen LogP contribution in [0.15, 0.2) is 0 Å². The molecule has 0 rings (SSSR count). The van der Waals surface area contributed by atoms with Crippen molar-refractivity contribution in [2.24, 2.45) is 0 Å². The second kappa shape index (κ2) is 9.06. The van der Waals surface area contributed by atoms with E-state index >= 15 is 0 Å². The predicted octanol–water partition coefficient (Wildman–Crippen LogP) is 3.21. The van der Waals surface area contributed by atoms with E-state index in [0.717, 1.165) is 13.0 Å². The molecule has 0 aliphatic carbocycles. The van der Waals surface area contributed by atoms with Gasteiger partial charge in [0.05, 0.1) is 13.2 Å². The summed E-state index contributed by atoms with van der Waals surface area (Å²) in [6.45, 7) is 12.4.